The largest absolute Gasteiger partial charge is 0.301 e. The molecule has 0 N–H and O–H groups in total. The molecule has 0 saturated carbocycles. The number of halogens is 3. The van der Waals surface area contributed by atoms with Crippen molar-refractivity contribution in [3.63, 3.8) is 0 Å². The predicted molar refractivity (Wildman–Crippen MR) is 25.3 cm³/mol. The van der Waals surface area contributed by atoms with Crippen LogP contribution in [0.15, 0.2) is 11.9 Å². The molecule has 0 aromatic heterocycles. The molecule has 4 heteroatoms. The van der Waals surface area contributed by atoms with Crippen LogP contribution in [-0.2, 0) is 4.79 Å². The topological polar surface area (TPSA) is 17.1 Å². The SMILES string of the molecule is O=[C]CCC(F)=C(F)F. The normalized spacial score (nSPS) is 8.78. The lowest BCUT2D eigenvalue weighted by Gasteiger charge is -1.86. The van der Waals surface area contributed by atoms with Gasteiger partial charge in [0.25, 0.3) is 0 Å². The molecule has 0 heterocycles. The summed E-state index contributed by atoms with van der Waals surface area (Å²) >= 11 is 0. The molecular weight excluding hydrogens is 133 g/mol. The van der Waals surface area contributed by atoms with Crippen LogP contribution in [0.4, 0.5) is 13.2 Å². The van der Waals surface area contributed by atoms with Crippen molar-refractivity contribution in [3.8, 4) is 0 Å². The minimum Gasteiger partial charge on any atom is -0.291 e. The Bertz CT molecular complexity index is 126. The van der Waals surface area contributed by atoms with Gasteiger partial charge < -0.3 is 0 Å². The quantitative estimate of drug-likeness (QED) is 0.581. The zero-order valence-electron chi connectivity index (χ0n) is 4.46. The third-order valence-corrected chi connectivity index (χ3v) is 0.652. The summed E-state index contributed by atoms with van der Waals surface area (Å²) in [5.74, 6) is -1.53. The zero-order valence-corrected chi connectivity index (χ0v) is 4.46. The lowest BCUT2D eigenvalue weighted by molar-refractivity contribution is 0.371. The maximum atomic E-state index is 11.7. The first-order chi connectivity index (χ1) is 4.18. The highest BCUT2D eigenvalue weighted by molar-refractivity contribution is 5.50. The van der Waals surface area contributed by atoms with Gasteiger partial charge in [0.05, 0.1) is 0 Å². The van der Waals surface area contributed by atoms with Crippen LogP contribution >= 0.6 is 0 Å². The van der Waals surface area contributed by atoms with E-state index in [0.717, 1.165) is 0 Å². The van der Waals surface area contributed by atoms with Gasteiger partial charge in [0.1, 0.15) is 0 Å². The van der Waals surface area contributed by atoms with Crippen LogP contribution < -0.4 is 0 Å². The first kappa shape index (κ1) is 8.20. The Balaban J connectivity index is 3.62. The highest BCUT2D eigenvalue weighted by atomic mass is 19.3. The average Bonchev–Trinajstić information content (AvgIpc) is 1.82. The number of rotatable bonds is 3. The molecule has 0 aromatic carbocycles. The van der Waals surface area contributed by atoms with E-state index in [9.17, 15) is 18.0 Å². The summed E-state index contributed by atoms with van der Waals surface area (Å²) in [5.41, 5.74) is 0. The van der Waals surface area contributed by atoms with Crippen LogP contribution in [0, 0.1) is 0 Å². The van der Waals surface area contributed by atoms with E-state index in [4.69, 9.17) is 0 Å². The van der Waals surface area contributed by atoms with E-state index in [1.54, 1.807) is 0 Å². The minimum absolute atomic E-state index is 0.316. The van der Waals surface area contributed by atoms with Crippen LogP contribution in [-0.4, -0.2) is 6.29 Å². The lowest BCUT2D eigenvalue weighted by Crippen LogP contribution is -1.78. The Hall–Kier alpha value is -0.800. The van der Waals surface area contributed by atoms with Crippen molar-refractivity contribution in [2.75, 3.05) is 0 Å². The van der Waals surface area contributed by atoms with Crippen molar-refractivity contribution in [3.05, 3.63) is 11.9 Å². The first-order valence-electron chi connectivity index (χ1n) is 2.23. The van der Waals surface area contributed by atoms with Gasteiger partial charge in [0.2, 0.25) is 0 Å². The molecule has 0 spiro atoms. The van der Waals surface area contributed by atoms with Crippen LogP contribution in [0.25, 0.3) is 0 Å². The van der Waals surface area contributed by atoms with Gasteiger partial charge in [0, 0.05) is 12.8 Å². The second kappa shape index (κ2) is 4.12. The lowest BCUT2D eigenvalue weighted by atomic mass is 10.3. The Morgan fingerprint density at radius 3 is 2.22 bits per heavy atom. The van der Waals surface area contributed by atoms with Crippen molar-refractivity contribution in [2.24, 2.45) is 0 Å². The standard InChI is InChI=1S/C5H4F3O/c6-4(5(7)8)2-1-3-9/h1-2H2. The fraction of sp³-hybridized carbons (Fsp3) is 0.400. The molecule has 0 aliphatic heterocycles. The van der Waals surface area contributed by atoms with Gasteiger partial charge >= 0.3 is 6.08 Å². The number of hydrogen-bond donors (Lipinski definition) is 0. The monoisotopic (exact) mass is 137 g/mol. The summed E-state index contributed by atoms with van der Waals surface area (Å²) < 4.78 is 33.9. The zero-order chi connectivity index (χ0) is 7.28. The molecule has 0 saturated heterocycles. The second-order valence-corrected chi connectivity index (χ2v) is 1.31. The maximum absolute atomic E-state index is 11.7. The first-order valence-corrected chi connectivity index (χ1v) is 2.23. The molecule has 1 nitrogen and oxygen atoms in total. The van der Waals surface area contributed by atoms with Crippen LogP contribution in [0.1, 0.15) is 12.8 Å². The fourth-order valence-electron chi connectivity index (χ4n) is 0.255. The van der Waals surface area contributed by atoms with E-state index in [0.29, 0.717) is 0 Å². The molecule has 0 fully saturated rings. The summed E-state index contributed by atoms with van der Waals surface area (Å²) in [4.78, 5) is 9.37. The smallest absolute Gasteiger partial charge is 0.291 e. The van der Waals surface area contributed by atoms with E-state index < -0.39 is 18.3 Å². The Morgan fingerprint density at radius 2 is 1.89 bits per heavy atom. The molecule has 0 amide bonds. The Morgan fingerprint density at radius 1 is 1.33 bits per heavy atom. The number of carbonyl (C=O) groups excluding carboxylic acids is 1. The molecule has 0 rings (SSSR count). The van der Waals surface area contributed by atoms with Gasteiger partial charge in [0.15, 0.2) is 12.1 Å². The summed E-state index contributed by atoms with van der Waals surface area (Å²) in [6, 6.07) is 0. The summed E-state index contributed by atoms with van der Waals surface area (Å²) in [7, 11) is 0. The molecule has 9 heavy (non-hydrogen) atoms. The van der Waals surface area contributed by atoms with Gasteiger partial charge in [-0.25, -0.2) is 4.39 Å². The molecule has 0 unspecified atom stereocenters. The summed E-state index contributed by atoms with van der Waals surface area (Å²) in [5, 5.41) is 0. The minimum atomic E-state index is -2.36. The van der Waals surface area contributed by atoms with E-state index in [1.165, 1.54) is 6.29 Å². The van der Waals surface area contributed by atoms with Gasteiger partial charge in [-0.05, 0) is 0 Å². The van der Waals surface area contributed by atoms with Crippen LogP contribution in [0.3, 0.4) is 0 Å². The molecular formula is C5H4F3O. The highest BCUT2D eigenvalue weighted by Crippen LogP contribution is 2.13. The second-order valence-electron chi connectivity index (χ2n) is 1.31. The van der Waals surface area contributed by atoms with E-state index in [2.05, 4.69) is 0 Å². The third-order valence-electron chi connectivity index (χ3n) is 0.652. The fourth-order valence-corrected chi connectivity index (χ4v) is 0.255. The van der Waals surface area contributed by atoms with Gasteiger partial charge in [-0.2, -0.15) is 8.78 Å². The van der Waals surface area contributed by atoms with Gasteiger partial charge in [-0.3, -0.25) is 4.79 Å². The summed E-state index contributed by atoms with van der Waals surface area (Å²) in [6.07, 6.45) is -1.93. The molecule has 51 valence electrons. The predicted octanol–water partition coefficient (Wildman–Crippen LogP) is 1.95. The Labute approximate surface area is 50.2 Å². The maximum Gasteiger partial charge on any atom is 0.301 e. The molecule has 1 radical (unpaired) electrons. The van der Waals surface area contributed by atoms with Crippen LogP contribution in [0.5, 0.6) is 0 Å². The molecule has 0 aromatic rings. The average molecular weight is 137 g/mol. The summed E-state index contributed by atoms with van der Waals surface area (Å²) in [6.45, 7) is 0. The van der Waals surface area contributed by atoms with Crippen molar-refractivity contribution in [1.82, 2.24) is 0 Å². The number of hydrogen-bond acceptors (Lipinski definition) is 1. The molecule has 0 atom stereocenters. The Kier molecular flexibility index (Phi) is 3.75. The molecule has 0 bridgehead atoms. The third kappa shape index (κ3) is 3.76. The van der Waals surface area contributed by atoms with Gasteiger partial charge in [-0.1, -0.05) is 0 Å². The van der Waals surface area contributed by atoms with E-state index in [-0.39, 0.29) is 6.42 Å². The van der Waals surface area contributed by atoms with Crippen LogP contribution in [0.2, 0.25) is 0 Å². The molecule has 0 aliphatic carbocycles. The highest BCUT2D eigenvalue weighted by Gasteiger charge is 2.02. The van der Waals surface area contributed by atoms with Gasteiger partial charge in [-0.15, -0.1) is 0 Å². The van der Waals surface area contributed by atoms with Crippen molar-refractivity contribution >= 4 is 6.29 Å². The number of allylic oxidation sites excluding steroid dienone is 1. The van der Waals surface area contributed by atoms with Crippen molar-refractivity contribution < 1.29 is 18.0 Å². The van der Waals surface area contributed by atoms with E-state index in [1.807, 2.05) is 0 Å². The van der Waals surface area contributed by atoms with E-state index >= 15 is 0 Å². The molecule has 0 aliphatic rings. The van der Waals surface area contributed by atoms with Crippen molar-refractivity contribution in [1.29, 1.82) is 0 Å². The van der Waals surface area contributed by atoms with Crippen molar-refractivity contribution in [2.45, 2.75) is 12.8 Å².